The Balaban J connectivity index is 1.53. The molecule has 2 aromatic rings. The molecule has 1 heterocycles. The molecule has 0 radical (unpaired) electrons. The molecular formula is C19H18ClN3O2. The highest BCUT2D eigenvalue weighted by molar-refractivity contribution is 6.33. The van der Waals surface area contributed by atoms with Crippen LogP contribution >= 0.6 is 11.6 Å². The van der Waals surface area contributed by atoms with Crippen molar-refractivity contribution in [2.24, 2.45) is 5.10 Å². The Kier molecular flexibility index (Phi) is 5.46. The third-order valence-corrected chi connectivity index (χ3v) is 4.46. The van der Waals surface area contributed by atoms with Crippen LogP contribution in [0.3, 0.4) is 0 Å². The summed E-state index contributed by atoms with van der Waals surface area (Å²) in [5.41, 5.74) is 4.27. The van der Waals surface area contributed by atoms with Crippen LogP contribution in [0.1, 0.15) is 23.5 Å². The van der Waals surface area contributed by atoms with Crippen molar-refractivity contribution in [2.75, 3.05) is 13.1 Å². The van der Waals surface area contributed by atoms with Crippen molar-refractivity contribution in [3.05, 3.63) is 70.7 Å². The van der Waals surface area contributed by atoms with Gasteiger partial charge in [-0.2, -0.15) is 5.10 Å². The van der Waals surface area contributed by atoms with Gasteiger partial charge in [-0.25, -0.2) is 5.43 Å². The zero-order valence-corrected chi connectivity index (χ0v) is 14.3. The highest BCUT2D eigenvalue weighted by atomic mass is 35.5. The smallest absolute Gasteiger partial charge is 0.259 e. The minimum absolute atomic E-state index is 0.00201. The summed E-state index contributed by atoms with van der Waals surface area (Å²) in [6, 6.07) is 17.1. The molecule has 1 atom stereocenters. The van der Waals surface area contributed by atoms with Crippen LogP contribution in [0, 0.1) is 0 Å². The second kappa shape index (κ2) is 7.94. The standard InChI is InChI=1S/C19H18ClN3O2/c20-17-9-5-4-8-15(17)11-21-22-18(24)13-23-12-16(10-19(23)25)14-6-2-1-3-7-14/h1-9,11,16H,10,12-13H2,(H,22,24)/b21-11-/t16-/m0/s1. The lowest BCUT2D eigenvalue weighted by atomic mass is 9.99. The summed E-state index contributed by atoms with van der Waals surface area (Å²) in [6.45, 7) is 0.548. The highest BCUT2D eigenvalue weighted by Gasteiger charge is 2.31. The van der Waals surface area contributed by atoms with Crippen LogP contribution in [0.15, 0.2) is 59.7 Å². The van der Waals surface area contributed by atoms with E-state index in [1.54, 1.807) is 17.0 Å². The molecule has 0 aromatic heterocycles. The van der Waals surface area contributed by atoms with Gasteiger partial charge in [-0.1, -0.05) is 60.1 Å². The van der Waals surface area contributed by atoms with Gasteiger partial charge in [-0.15, -0.1) is 0 Å². The molecule has 0 bridgehead atoms. The zero-order valence-electron chi connectivity index (χ0n) is 13.6. The fraction of sp³-hybridized carbons (Fsp3) is 0.211. The largest absolute Gasteiger partial charge is 0.333 e. The number of carbonyl (C=O) groups excluding carboxylic acids is 2. The van der Waals surface area contributed by atoms with Gasteiger partial charge in [0, 0.05) is 29.5 Å². The lowest BCUT2D eigenvalue weighted by molar-refractivity contribution is -0.133. The van der Waals surface area contributed by atoms with Gasteiger partial charge >= 0.3 is 0 Å². The van der Waals surface area contributed by atoms with E-state index < -0.39 is 0 Å². The van der Waals surface area contributed by atoms with Gasteiger partial charge in [0.1, 0.15) is 6.54 Å². The molecular weight excluding hydrogens is 338 g/mol. The molecule has 128 valence electrons. The Labute approximate surface area is 151 Å². The molecule has 6 heteroatoms. The quantitative estimate of drug-likeness (QED) is 0.662. The van der Waals surface area contributed by atoms with Gasteiger partial charge in [-0.05, 0) is 11.6 Å². The lowest BCUT2D eigenvalue weighted by Gasteiger charge is -2.15. The number of halogens is 1. The molecule has 2 amide bonds. The SMILES string of the molecule is O=C(CN1C[C@@H](c2ccccc2)CC1=O)N/N=C\c1ccccc1Cl. The summed E-state index contributed by atoms with van der Waals surface area (Å²) < 4.78 is 0. The molecule has 5 nitrogen and oxygen atoms in total. The van der Waals surface area contributed by atoms with E-state index in [2.05, 4.69) is 10.5 Å². The van der Waals surface area contributed by atoms with Crippen molar-refractivity contribution in [2.45, 2.75) is 12.3 Å². The van der Waals surface area contributed by atoms with Crippen molar-refractivity contribution in [1.29, 1.82) is 0 Å². The first-order valence-electron chi connectivity index (χ1n) is 8.02. The van der Waals surface area contributed by atoms with Crippen molar-refractivity contribution in [3.8, 4) is 0 Å². The van der Waals surface area contributed by atoms with E-state index in [4.69, 9.17) is 11.6 Å². The molecule has 0 aliphatic carbocycles. The molecule has 0 saturated carbocycles. The van der Waals surface area contributed by atoms with E-state index >= 15 is 0 Å². The van der Waals surface area contributed by atoms with Crippen LogP contribution in [0.5, 0.6) is 0 Å². The molecule has 0 spiro atoms. The van der Waals surface area contributed by atoms with E-state index in [1.165, 1.54) is 6.21 Å². The van der Waals surface area contributed by atoms with Crippen LogP contribution in [-0.2, 0) is 9.59 Å². The molecule has 3 rings (SSSR count). The van der Waals surface area contributed by atoms with Crippen LogP contribution in [0.2, 0.25) is 5.02 Å². The maximum atomic E-state index is 12.1. The van der Waals surface area contributed by atoms with Crippen LogP contribution in [0.25, 0.3) is 0 Å². The third kappa shape index (κ3) is 4.45. The molecule has 1 saturated heterocycles. The zero-order chi connectivity index (χ0) is 17.6. The number of amides is 2. The molecule has 1 aliphatic heterocycles. The van der Waals surface area contributed by atoms with E-state index in [-0.39, 0.29) is 24.3 Å². The van der Waals surface area contributed by atoms with E-state index in [0.717, 1.165) is 5.56 Å². The number of nitrogens with one attached hydrogen (secondary N) is 1. The molecule has 1 aliphatic rings. The number of hydrazone groups is 1. The summed E-state index contributed by atoms with van der Waals surface area (Å²) in [5, 5.41) is 4.46. The second-order valence-electron chi connectivity index (χ2n) is 5.90. The summed E-state index contributed by atoms with van der Waals surface area (Å²) in [4.78, 5) is 25.7. The van der Waals surface area contributed by atoms with E-state index in [9.17, 15) is 9.59 Å². The topological polar surface area (TPSA) is 61.8 Å². The Morgan fingerprint density at radius 2 is 1.92 bits per heavy atom. The first-order valence-corrected chi connectivity index (χ1v) is 8.40. The first-order chi connectivity index (χ1) is 12.1. The predicted octanol–water partition coefficient (Wildman–Crippen LogP) is 2.81. The van der Waals surface area contributed by atoms with Crippen molar-refractivity contribution >= 4 is 29.6 Å². The number of carbonyl (C=O) groups is 2. The number of hydrogen-bond donors (Lipinski definition) is 1. The van der Waals surface area contributed by atoms with Crippen molar-refractivity contribution < 1.29 is 9.59 Å². The second-order valence-corrected chi connectivity index (χ2v) is 6.31. The van der Waals surface area contributed by atoms with Crippen LogP contribution in [-0.4, -0.2) is 36.0 Å². The summed E-state index contributed by atoms with van der Waals surface area (Å²) in [6.07, 6.45) is 1.92. The molecule has 1 N–H and O–H groups in total. The van der Waals surface area contributed by atoms with Crippen molar-refractivity contribution in [1.82, 2.24) is 10.3 Å². The Hall–Kier alpha value is -2.66. The number of hydrogen-bond acceptors (Lipinski definition) is 3. The average Bonchev–Trinajstić information content (AvgIpc) is 2.98. The monoisotopic (exact) mass is 355 g/mol. The van der Waals surface area contributed by atoms with Gasteiger partial charge in [0.05, 0.1) is 6.21 Å². The maximum Gasteiger partial charge on any atom is 0.259 e. The Morgan fingerprint density at radius 1 is 1.20 bits per heavy atom. The Morgan fingerprint density at radius 3 is 2.68 bits per heavy atom. The number of benzene rings is 2. The minimum atomic E-state index is -0.328. The van der Waals surface area contributed by atoms with E-state index in [1.807, 2.05) is 42.5 Å². The fourth-order valence-electron chi connectivity index (χ4n) is 2.84. The third-order valence-electron chi connectivity index (χ3n) is 4.12. The number of likely N-dealkylation sites (tertiary alicyclic amines) is 1. The lowest BCUT2D eigenvalue weighted by Crippen LogP contribution is -2.36. The van der Waals surface area contributed by atoms with Gasteiger partial charge in [0.15, 0.2) is 0 Å². The van der Waals surface area contributed by atoms with Crippen molar-refractivity contribution in [3.63, 3.8) is 0 Å². The molecule has 1 fully saturated rings. The van der Waals surface area contributed by atoms with Crippen LogP contribution < -0.4 is 5.43 Å². The first kappa shape index (κ1) is 17.2. The average molecular weight is 356 g/mol. The molecule has 2 aromatic carbocycles. The molecule has 25 heavy (non-hydrogen) atoms. The summed E-state index contributed by atoms with van der Waals surface area (Å²) in [5.74, 6) is -0.211. The van der Waals surface area contributed by atoms with Gasteiger partial charge in [0.25, 0.3) is 5.91 Å². The number of nitrogens with zero attached hydrogens (tertiary/aromatic N) is 2. The highest BCUT2D eigenvalue weighted by Crippen LogP contribution is 2.27. The number of rotatable bonds is 5. The maximum absolute atomic E-state index is 12.1. The van der Waals surface area contributed by atoms with E-state index in [0.29, 0.717) is 23.6 Å². The summed E-state index contributed by atoms with van der Waals surface area (Å²) >= 11 is 6.01. The van der Waals surface area contributed by atoms with Gasteiger partial charge in [0.2, 0.25) is 5.91 Å². The van der Waals surface area contributed by atoms with Gasteiger partial charge < -0.3 is 4.90 Å². The Bertz CT molecular complexity index is 792. The minimum Gasteiger partial charge on any atom is -0.333 e. The fourth-order valence-corrected chi connectivity index (χ4v) is 3.02. The predicted molar refractivity (Wildman–Crippen MR) is 97.6 cm³/mol. The normalized spacial score (nSPS) is 17.2. The summed E-state index contributed by atoms with van der Waals surface area (Å²) in [7, 11) is 0. The van der Waals surface area contributed by atoms with Crippen LogP contribution in [0.4, 0.5) is 0 Å². The molecule has 0 unspecified atom stereocenters. The van der Waals surface area contributed by atoms with Gasteiger partial charge in [-0.3, -0.25) is 9.59 Å².